The van der Waals surface area contributed by atoms with Gasteiger partial charge in [-0.05, 0) is 37.8 Å². The van der Waals surface area contributed by atoms with E-state index in [0.29, 0.717) is 0 Å². The van der Waals surface area contributed by atoms with Gasteiger partial charge in [0, 0.05) is 0 Å². The zero-order valence-electron chi connectivity index (χ0n) is 7.72. The first-order chi connectivity index (χ1) is 5.75. The standard InChI is InChI=1S/C12H14/c1-9(2)12-7-10-3-4-11(8-12)6-5-10/h3-6H,7-8H2,1-2H3. The van der Waals surface area contributed by atoms with E-state index in [1.54, 1.807) is 5.57 Å². The molecule has 0 unspecified atom stereocenters. The van der Waals surface area contributed by atoms with Crippen LogP contribution in [0.2, 0.25) is 0 Å². The highest BCUT2D eigenvalue weighted by atomic mass is 14.1. The summed E-state index contributed by atoms with van der Waals surface area (Å²) in [5, 5.41) is 0. The lowest BCUT2D eigenvalue weighted by atomic mass is 10.0. The van der Waals surface area contributed by atoms with Crippen LogP contribution in [0.25, 0.3) is 0 Å². The third-order valence-electron chi connectivity index (χ3n) is 2.57. The highest BCUT2D eigenvalue weighted by Gasteiger charge is 2.08. The zero-order chi connectivity index (χ0) is 8.55. The Bertz CT molecular complexity index is 283. The van der Waals surface area contributed by atoms with Crippen LogP contribution in [0, 0.1) is 0 Å². The summed E-state index contributed by atoms with van der Waals surface area (Å²) in [6.45, 7) is 4.42. The van der Waals surface area contributed by atoms with E-state index in [9.17, 15) is 0 Å². The van der Waals surface area contributed by atoms with Crippen molar-refractivity contribution in [3.05, 3.63) is 46.5 Å². The predicted octanol–water partition coefficient (Wildman–Crippen LogP) is 3.12. The Morgan fingerprint density at radius 1 is 0.917 bits per heavy atom. The second kappa shape index (κ2) is 2.78. The van der Waals surface area contributed by atoms with E-state index in [0.717, 1.165) is 12.8 Å². The van der Waals surface area contributed by atoms with Crippen molar-refractivity contribution < 1.29 is 0 Å². The summed E-state index contributed by atoms with van der Waals surface area (Å²) < 4.78 is 0. The maximum absolute atomic E-state index is 2.24. The molecule has 2 aliphatic carbocycles. The molecule has 0 aromatic heterocycles. The van der Waals surface area contributed by atoms with E-state index in [-0.39, 0.29) is 0 Å². The van der Waals surface area contributed by atoms with Gasteiger partial charge in [-0.2, -0.15) is 0 Å². The second-order valence-electron chi connectivity index (χ2n) is 3.77. The van der Waals surface area contributed by atoms with Gasteiger partial charge in [0.05, 0.1) is 0 Å². The molecule has 0 atom stereocenters. The van der Waals surface area contributed by atoms with Gasteiger partial charge in [0.15, 0.2) is 0 Å². The van der Waals surface area contributed by atoms with E-state index in [1.807, 2.05) is 0 Å². The minimum Gasteiger partial charge on any atom is -0.0766 e. The molecule has 0 heteroatoms. The van der Waals surface area contributed by atoms with Crippen LogP contribution in [-0.2, 0) is 12.8 Å². The minimum absolute atomic E-state index is 1.15. The molecule has 0 fully saturated rings. The van der Waals surface area contributed by atoms with Crippen molar-refractivity contribution in [3.63, 3.8) is 0 Å². The summed E-state index contributed by atoms with van der Waals surface area (Å²) >= 11 is 0. The third kappa shape index (κ3) is 1.29. The van der Waals surface area contributed by atoms with Gasteiger partial charge in [0.1, 0.15) is 0 Å². The lowest BCUT2D eigenvalue weighted by Crippen LogP contribution is -1.92. The molecule has 0 spiro atoms. The molecule has 0 N–H and O–H groups in total. The highest BCUT2D eigenvalue weighted by Crippen LogP contribution is 2.22. The molecule has 1 aromatic carbocycles. The minimum atomic E-state index is 1.15. The van der Waals surface area contributed by atoms with Crippen molar-refractivity contribution in [2.75, 3.05) is 0 Å². The van der Waals surface area contributed by atoms with Crippen LogP contribution in [0.4, 0.5) is 0 Å². The van der Waals surface area contributed by atoms with Gasteiger partial charge >= 0.3 is 0 Å². The first-order valence-electron chi connectivity index (χ1n) is 4.49. The van der Waals surface area contributed by atoms with Crippen LogP contribution >= 0.6 is 0 Å². The maximum Gasteiger partial charge on any atom is -0.00613 e. The molecule has 0 saturated heterocycles. The van der Waals surface area contributed by atoms with Crippen LogP contribution in [0.15, 0.2) is 35.4 Å². The molecule has 0 nitrogen and oxygen atoms in total. The Morgan fingerprint density at radius 2 is 1.33 bits per heavy atom. The summed E-state index contributed by atoms with van der Waals surface area (Å²) in [5.74, 6) is 0. The fourth-order valence-electron chi connectivity index (χ4n) is 1.68. The average Bonchev–Trinajstić information content (AvgIpc) is 2.36. The Balaban J connectivity index is 2.45. The van der Waals surface area contributed by atoms with Crippen molar-refractivity contribution in [2.24, 2.45) is 0 Å². The summed E-state index contributed by atoms with van der Waals surface area (Å²) in [7, 11) is 0. The van der Waals surface area contributed by atoms with Gasteiger partial charge in [0.2, 0.25) is 0 Å². The average molecular weight is 158 g/mol. The third-order valence-corrected chi connectivity index (χ3v) is 2.57. The molecular weight excluding hydrogens is 144 g/mol. The van der Waals surface area contributed by atoms with Crippen molar-refractivity contribution in [1.82, 2.24) is 0 Å². The lowest BCUT2D eigenvalue weighted by Gasteiger charge is -2.04. The van der Waals surface area contributed by atoms with Gasteiger partial charge in [-0.15, -0.1) is 0 Å². The molecule has 0 saturated carbocycles. The van der Waals surface area contributed by atoms with Gasteiger partial charge in [0.25, 0.3) is 0 Å². The van der Waals surface area contributed by atoms with Crippen LogP contribution in [0.5, 0.6) is 0 Å². The largest absolute Gasteiger partial charge is 0.0766 e. The molecule has 1 aromatic rings. The quantitative estimate of drug-likeness (QED) is 0.509. The topological polar surface area (TPSA) is 0 Å². The van der Waals surface area contributed by atoms with Crippen LogP contribution in [0.1, 0.15) is 25.0 Å². The monoisotopic (exact) mass is 158 g/mol. The SMILES string of the molecule is CC(C)=C1Cc2ccc(cc2)C1. The summed E-state index contributed by atoms with van der Waals surface area (Å²) in [6.07, 6.45) is 2.30. The Hall–Kier alpha value is -1.04. The Kier molecular flexibility index (Phi) is 1.76. The fourth-order valence-corrected chi connectivity index (χ4v) is 1.68. The number of fused-ring (bicyclic) bond motifs is 4. The molecule has 2 bridgehead atoms. The van der Waals surface area contributed by atoms with Gasteiger partial charge in [-0.25, -0.2) is 0 Å². The molecule has 0 amide bonds. The number of allylic oxidation sites excluding steroid dienone is 2. The predicted molar refractivity (Wildman–Crippen MR) is 52.2 cm³/mol. The molecule has 0 aliphatic heterocycles. The van der Waals surface area contributed by atoms with E-state index < -0.39 is 0 Å². The van der Waals surface area contributed by atoms with Crippen molar-refractivity contribution in [1.29, 1.82) is 0 Å². The fraction of sp³-hybridized carbons (Fsp3) is 0.333. The van der Waals surface area contributed by atoms with Crippen LogP contribution < -0.4 is 0 Å². The smallest absolute Gasteiger partial charge is 0.00613 e. The van der Waals surface area contributed by atoms with Crippen molar-refractivity contribution in [2.45, 2.75) is 26.7 Å². The van der Waals surface area contributed by atoms with E-state index in [1.165, 1.54) is 16.7 Å². The van der Waals surface area contributed by atoms with Crippen LogP contribution in [-0.4, -0.2) is 0 Å². The molecule has 62 valence electrons. The summed E-state index contributed by atoms with van der Waals surface area (Å²) in [5.41, 5.74) is 5.98. The molecule has 2 aliphatic rings. The molecule has 12 heavy (non-hydrogen) atoms. The molecule has 3 rings (SSSR count). The lowest BCUT2D eigenvalue weighted by molar-refractivity contribution is 1.03. The summed E-state index contributed by atoms with van der Waals surface area (Å²) in [4.78, 5) is 0. The van der Waals surface area contributed by atoms with Gasteiger partial charge in [-0.3, -0.25) is 0 Å². The normalized spacial score (nSPS) is 14.7. The van der Waals surface area contributed by atoms with Crippen molar-refractivity contribution in [3.8, 4) is 0 Å². The Labute approximate surface area is 73.9 Å². The molecular formula is C12H14. The van der Waals surface area contributed by atoms with E-state index >= 15 is 0 Å². The number of rotatable bonds is 0. The van der Waals surface area contributed by atoms with E-state index in [2.05, 4.69) is 38.1 Å². The molecule has 0 radical (unpaired) electrons. The van der Waals surface area contributed by atoms with E-state index in [4.69, 9.17) is 0 Å². The number of hydrogen-bond donors (Lipinski definition) is 0. The first kappa shape index (κ1) is 7.60. The highest BCUT2D eigenvalue weighted by molar-refractivity contribution is 5.35. The van der Waals surface area contributed by atoms with Gasteiger partial charge in [-0.1, -0.05) is 35.4 Å². The maximum atomic E-state index is 2.24. The Morgan fingerprint density at radius 3 is 1.67 bits per heavy atom. The van der Waals surface area contributed by atoms with Crippen LogP contribution in [0.3, 0.4) is 0 Å². The first-order valence-corrected chi connectivity index (χ1v) is 4.49. The number of benzene rings is 1. The second-order valence-corrected chi connectivity index (χ2v) is 3.77. The zero-order valence-corrected chi connectivity index (χ0v) is 7.72. The number of hydrogen-bond acceptors (Lipinski definition) is 0. The van der Waals surface area contributed by atoms with Gasteiger partial charge < -0.3 is 0 Å². The summed E-state index contributed by atoms with van der Waals surface area (Å²) in [6, 6.07) is 8.97. The molecule has 0 heterocycles. The van der Waals surface area contributed by atoms with Crippen molar-refractivity contribution >= 4 is 0 Å².